The summed E-state index contributed by atoms with van der Waals surface area (Å²) in [6.45, 7) is 0.0505. The Balaban J connectivity index is 1.13. The Bertz CT molecular complexity index is 1090. The molecule has 0 aromatic heterocycles. The third kappa shape index (κ3) is 4.38. The van der Waals surface area contributed by atoms with Crippen molar-refractivity contribution in [3.63, 3.8) is 0 Å². The van der Waals surface area contributed by atoms with Gasteiger partial charge in [-0.25, -0.2) is 4.79 Å². The van der Waals surface area contributed by atoms with E-state index < -0.39 is 23.7 Å². The number of ether oxygens (including phenoxy) is 1. The van der Waals surface area contributed by atoms with E-state index in [2.05, 4.69) is 17.4 Å². The zero-order valence-corrected chi connectivity index (χ0v) is 19.5. The van der Waals surface area contributed by atoms with Crippen molar-refractivity contribution in [3.05, 3.63) is 59.7 Å². The number of rotatable bonds is 8. The van der Waals surface area contributed by atoms with Crippen LogP contribution in [0.2, 0.25) is 0 Å². The van der Waals surface area contributed by atoms with E-state index in [1.807, 2.05) is 36.4 Å². The second-order valence-corrected chi connectivity index (χ2v) is 9.85. The van der Waals surface area contributed by atoms with E-state index in [1.54, 1.807) is 4.90 Å². The summed E-state index contributed by atoms with van der Waals surface area (Å²) in [7, 11) is 0. The first-order chi connectivity index (χ1) is 16.9. The number of carboxylic acids is 1. The van der Waals surface area contributed by atoms with E-state index in [0.29, 0.717) is 12.8 Å². The van der Waals surface area contributed by atoms with Gasteiger partial charge in [-0.05, 0) is 47.9 Å². The highest BCUT2D eigenvalue weighted by atomic mass is 16.5. The van der Waals surface area contributed by atoms with Gasteiger partial charge in [0.25, 0.3) is 0 Å². The van der Waals surface area contributed by atoms with Crippen LogP contribution >= 0.6 is 0 Å². The van der Waals surface area contributed by atoms with Crippen LogP contribution in [0.15, 0.2) is 48.5 Å². The molecule has 2 heterocycles. The number of aliphatic hydroxyl groups is 1. The molecule has 2 aromatic carbocycles. The zero-order chi connectivity index (χ0) is 24.6. The predicted octanol–water partition coefficient (Wildman–Crippen LogP) is 3.27. The molecule has 35 heavy (non-hydrogen) atoms. The molecule has 2 aromatic rings. The number of fused-ring (bicyclic) bond motifs is 5. The first-order valence-electron chi connectivity index (χ1n) is 12.2. The lowest BCUT2D eigenvalue weighted by Gasteiger charge is -2.34. The second-order valence-electron chi connectivity index (χ2n) is 9.85. The molecule has 1 aliphatic carbocycles. The average molecular weight is 479 g/mol. The number of hydrogen-bond acceptors (Lipinski definition) is 5. The number of benzene rings is 2. The van der Waals surface area contributed by atoms with Crippen molar-refractivity contribution in [3.8, 4) is 11.1 Å². The molecule has 2 saturated heterocycles. The molecule has 5 rings (SSSR count). The fourth-order valence-corrected chi connectivity index (χ4v) is 6.26. The van der Waals surface area contributed by atoms with Gasteiger partial charge >= 0.3 is 12.1 Å². The highest BCUT2D eigenvalue weighted by molar-refractivity contribution is 5.81. The van der Waals surface area contributed by atoms with Crippen molar-refractivity contribution < 1.29 is 29.3 Å². The molecule has 2 fully saturated rings. The summed E-state index contributed by atoms with van der Waals surface area (Å²) in [5.74, 6) is -1.23. The number of aliphatic carboxylic acids is 1. The molecule has 3 N–H and O–H groups in total. The van der Waals surface area contributed by atoms with Crippen LogP contribution in [-0.2, 0) is 14.3 Å². The summed E-state index contributed by atoms with van der Waals surface area (Å²) in [4.78, 5) is 38.3. The third-order valence-electron chi connectivity index (χ3n) is 7.75. The summed E-state index contributed by atoms with van der Waals surface area (Å²) in [5.41, 5.74) is 3.88. The van der Waals surface area contributed by atoms with E-state index >= 15 is 0 Å². The van der Waals surface area contributed by atoms with Crippen molar-refractivity contribution >= 4 is 18.0 Å². The monoisotopic (exact) mass is 478 g/mol. The first kappa shape index (κ1) is 23.4. The Morgan fingerprint density at radius 3 is 2.23 bits per heavy atom. The standard InChI is InChI=1S/C27H30N2O6/c30-18(13-24(31)29-17-9-11-27(29,12-10-17)14-25(32)33)15-28-26(34)35-16-23-21-7-3-1-5-19(21)20-6-2-4-8-22(20)23/h1-8,17-18,23,30H,9-16H2,(H,28,34)(H,32,33). The smallest absolute Gasteiger partial charge is 0.407 e. The first-order valence-corrected chi connectivity index (χ1v) is 12.2. The second kappa shape index (κ2) is 9.34. The molecule has 2 amide bonds. The molecular formula is C27H30N2O6. The zero-order valence-electron chi connectivity index (χ0n) is 19.5. The van der Waals surface area contributed by atoms with Crippen molar-refractivity contribution in [2.24, 2.45) is 0 Å². The average Bonchev–Trinajstić information content (AvgIpc) is 3.48. The Morgan fingerprint density at radius 2 is 1.63 bits per heavy atom. The fourth-order valence-electron chi connectivity index (χ4n) is 6.26. The minimum atomic E-state index is -1.08. The summed E-state index contributed by atoms with van der Waals surface area (Å²) in [6.07, 6.45) is 1.01. The number of hydrogen-bond donors (Lipinski definition) is 3. The third-order valence-corrected chi connectivity index (χ3v) is 7.75. The van der Waals surface area contributed by atoms with Crippen LogP contribution in [0, 0.1) is 0 Å². The minimum absolute atomic E-state index is 0.0455. The van der Waals surface area contributed by atoms with Gasteiger partial charge in [0.1, 0.15) is 6.61 Å². The molecule has 2 bridgehead atoms. The number of amides is 2. The van der Waals surface area contributed by atoms with Crippen LogP contribution in [0.3, 0.4) is 0 Å². The van der Waals surface area contributed by atoms with E-state index in [4.69, 9.17) is 4.74 Å². The highest BCUT2D eigenvalue weighted by Crippen LogP contribution is 2.49. The Labute approximate surface area is 203 Å². The summed E-state index contributed by atoms with van der Waals surface area (Å²) in [6, 6.07) is 16.2. The maximum Gasteiger partial charge on any atom is 0.407 e. The molecule has 8 heteroatoms. The van der Waals surface area contributed by atoms with Gasteiger partial charge in [-0.15, -0.1) is 0 Å². The van der Waals surface area contributed by atoms with Gasteiger partial charge in [-0.1, -0.05) is 48.5 Å². The topological polar surface area (TPSA) is 116 Å². The van der Waals surface area contributed by atoms with Crippen molar-refractivity contribution in [2.45, 2.75) is 62.1 Å². The SMILES string of the molecule is O=C(O)CC12CCC(CC1)N2C(=O)CC(O)CNC(=O)OCC1c2ccccc2-c2ccccc21. The molecule has 3 aliphatic rings. The lowest BCUT2D eigenvalue weighted by atomic mass is 9.85. The van der Waals surface area contributed by atoms with E-state index in [1.165, 1.54) is 0 Å². The van der Waals surface area contributed by atoms with E-state index in [-0.39, 0.29) is 43.9 Å². The Hall–Kier alpha value is -3.39. The number of carbonyl (C=O) groups is 3. The number of alkyl carbamates (subject to hydrolysis) is 1. The molecule has 0 saturated carbocycles. The lowest BCUT2D eigenvalue weighted by molar-refractivity contribution is -0.143. The maximum absolute atomic E-state index is 12.9. The number of nitrogens with zero attached hydrogens (tertiary/aromatic N) is 1. The van der Waals surface area contributed by atoms with Gasteiger partial charge in [0.05, 0.1) is 24.5 Å². The summed E-state index contributed by atoms with van der Waals surface area (Å²) >= 11 is 0. The molecule has 184 valence electrons. The number of carbonyl (C=O) groups excluding carboxylic acids is 2. The van der Waals surface area contributed by atoms with Crippen LogP contribution < -0.4 is 5.32 Å². The van der Waals surface area contributed by atoms with Gasteiger partial charge in [-0.2, -0.15) is 0 Å². The Kier molecular flexibility index (Phi) is 6.23. The Morgan fingerprint density at radius 1 is 1.03 bits per heavy atom. The molecule has 1 atom stereocenters. The van der Waals surface area contributed by atoms with Gasteiger partial charge in [0.15, 0.2) is 0 Å². The number of carboxylic acid groups (broad SMARTS) is 1. The summed E-state index contributed by atoms with van der Waals surface area (Å²) < 4.78 is 5.48. The molecule has 0 spiro atoms. The van der Waals surface area contributed by atoms with Crippen LogP contribution in [0.25, 0.3) is 11.1 Å². The van der Waals surface area contributed by atoms with Crippen molar-refractivity contribution in [1.29, 1.82) is 0 Å². The molecule has 1 unspecified atom stereocenters. The van der Waals surface area contributed by atoms with E-state index in [0.717, 1.165) is 35.1 Å². The van der Waals surface area contributed by atoms with Crippen LogP contribution in [-0.4, -0.2) is 63.9 Å². The lowest BCUT2D eigenvalue weighted by Crippen LogP contribution is -2.48. The highest BCUT2D eigenvalue weighted by Gasteiger charge is 2.54. The predicted molar refractivity (Wildman–Crippen MR) is 128 cm³/mol. The maximum atomic E-state index is 12.9. The van der Waals surface area contributed by atoms with Crippen molar-refractivity contribution in [1.82, 2.24) is 10.2 Å². The normalized spacial score (nSPS) is 23.0. The molecular weight excluding hydrogens is 448 g/mol. The van der Waals surface area contributed by atoms with Gasteiger partial charge < -0.3 is 25.2 Å². The largest absolute Gasteiger partial charge is 0.481 e. The van der Waals surface area contributed by atoms with Crippen LogP contribution in [0.1, 0.15) is 55.6 Å². The minimum Gasteiger partial charge on any atom is -0.481 e. The van der Waals surface area contributed by atoms with Crippen molar-refractivity contribution in [2.75, 3.05) is 13.2 Å². The number of aliphatic hydroxyl groups excluding tert-OH is 1. The quantitative estimate of drug-likeness (QED) is 0.536. The van der Waals surface area contributed by atoms with E-state index in [9.17, 15) is 24.6 Å². The summed E-state index contributed by atoms with van der Waals surface area (Å²) in [5, 5.41) is 22.3. The molecule has 0 radical (unpaired) electrons. The molecule has 8 nitrogen and oxygen atoms in total. The van der Waals surface area contributed by atoms with Crippen LogP contribution in [0.5, 0.6) is 0 Å². The van der Waals surface area contributed by atoms with Gasteiger partial charge in [-0.3, -0.25) is 9.59 Å². The van der Waals surface area contributed by atoms with Crippen LogP contribution in [0.4, 0.5) is 4.79 Å². The fraction of sp³-hybridized carbons (Fsp3) is 0.444. The number of nitrogens with one attached hydrogen (secondary N) is 1. The van der Waals surface area contributed by atoms with Gasteiger partial charge in [0, 0.05) is 18.5 Å². The molecule has 2 aliphatic heterocycles. The van der Waals surface area contributed by atoms with Gasteiger partial charge in [0.2, 0.25) is 5.91 Å².